The number of carbonyl (C=O) groups excluding carboxylic acids is 1. The highest BCUT2D eigenvalue weighted by atomic mass is 32.1. The molecule has 0 bridgehead atoms. The molecule has 2 aromatic rings. The number of aryl methyl sites for hydroxylation is 1. The van der Waals surface area contributed by atoms with E-state index in [2.05, 4.69) is 33.9 Å². The fourth-order valence-corrected chi connectivity index (χ4v) is 3.95. The SMILES string of the molecule is CCC[C@@H](NC(=O)c1n[nH]c2c1CCCCC2)c1cccs1. The predicted molar refractivity (Wildman–Crippen MR) is 89.3 cm³/mol. The van der Waals surface area contributed by atoms with Crippen molar-refractivity contribution in [2.75, 3.05) is 0 Å². The van der Waals surface area contributed by atoms with E-state index in [-0.39, 0.29) is 11.9 Å². The fourth-order valence-electron chi connectivity index (χ4n) is 3.14. The van der Waals surface area contributed by atoms with Crippen molar-refractivity contribution in [3.63, 3.8) is 0 Å². The molecule has 1 aliphatic carbocycles. The van der Waals surface area contributed by atoms with Crippen LogP contribution in [-0.4, -0.2) is 16.1 Å². The number of amides is 1. The Hall–Kier alpha value is -1.62. The maximum absolute atomic E-state index is 12.7. The molecule has 3 rings (SSSR count). The van der Waals surface area contributed by atoms with Gasteiger partial charge in [0.15, 0.2) is 5.69 Å². The van der Waals surface area contributed by atoms with E-state index in [1.165, 1.54) is 17.7 Å². The van der Waals surface area contributed by atoms with E-state index in [1.807, 2.05) is 6.07 Å². The number of rotatable bonds is 5. The molecule has 2 heterocycles. The predicted octanol–water partition coefficient (Wildman–Crippen LogP) is 4.01. The van der Waals surface area contributed by atoms with Crippen LogP contribution in [0.15, 0.2) is 17.5 Å². The van der Waals surface area contributed by atoms with Crippen LogP contribution < -0.4 is 5.32 Å². The van der Waals surface area contributed by atoms with Gasteiger partial charge in [-0.1, -0.05) is 25.8 Å². The van der Waals surface area contributed by atoms with Gasteiger partial charge in [-0.05, 0) is 43.6 Å². The van der Waals surface area contributed by atoms with Gasteiger partial charge in [-0.3, -0.25) is 9.89 Å². The summed E-state index contributed by atoms with van der Waals surface area (Å²) < 4.78 is 0. The smallest absolute Gasteiger partial charge is 0.272 e. The van der Waals surface area contributed by atoms with Gasteiger partial charge < -0.3 is 5.32 Å². The van der Waals surface area contributed by atoms with Gasteiger partial charge in [0.05, 0.1) is 6.04 Å². The van der Waals surface area contributed by atoms with E-state index < -0.39 is 0 Å². The number of hydrogen-bond donors (Lipinski definition) is 2. The molecule has 0 radical (unpaired) electrons. The third-order valence-corrected chi connectivity index (χ3v) is 5.28. The van der Waals surface area contributed by atoms with Crippen LogP contribution in [0.5, 0.6) is 0 Å². The first-order valence-corrected chi connectivity index (χ1v) is 9.08. The summed E-state index contributed by atoms with van der Waals surface area (Å²) in [4.78, 5) is 13.9. The van der Waals surface area contributed by atoms with Crippen molar-refractivity contribution in [2.24, 2.45) is 0 Å². The number of nitrogens with zero attached hydrogens (tertiary/aromatic N) is 1. The zero-order valence-electron chi connectivity index (χ0n) is 13.0. The highest BCUT2D eigenvalue weighted by molar-refractivity contribution is 7.10. The molecular formula is C17H23N3OS. The first-order chi connectivity index (χ1) is 10.8. The Morgan fingerprint density at radius 1 is 1.41 bits per heavy atom. The van der Waals surface area contributed by atoms with Crippen LogP contribution in [0.25, 0.3) is 0 Å². The lowest BCUT2D eigenvalue weighted by Crippen LogP contribution is -2.29. The molecule has 0 saturated heterocycles. The van der Waals surface area contributed by atoms with Gasteiger partial charge in [-0.15, -0.1) is 11.3 Å². The Balaban J connectivity index is 1.77. The number of H-pyrrole nitrogens is 1. The molecule has 0 aromatic carbocycles. The summed E-state index contributed by atoms with van der Waals surface area (Å²) in [5.41, 5.74) is 2.90. The van der Waals surface area contributed by atoms with Gasteiger partial charge in [0.1, 0.15) is 0 Å². The van der Waals surface area contributed by atoms with Crippen LogP contribution in [-0.2, 0) is 12.8 Å². The average molecular weight is 317 g/mol. The molecule has 1 amide bonds. The standard InChI is InChI=1S/C17H23N3OS/c1-2-7-14(15-10-6-11-22-15)18-17(21)16-12-8-4-3-5-9-13(12)19-20-16/h6,10-11,14H,2-5,7-9H2,1H3,(H,18,21)(H,19,20)/t14-/m1/s1. The number of nitrogens with one attached hydrogen (secondary N) is 2. The van der Waals surface area contributed by atoms with Gasteiger partial charge in [0, 0.05) is 16.1 Å². The summed E-state index contributed by atoms with van der Waals surface area (Å²) in [6, 6.07) is 4.22. The number of thiophene rings is 1. The van der Waals surface area contributed by atoms with Crippen LogP contribution in [0, 0.1) is 0 Å². The van der Waals surface area contributed by atoms with E-state index in [4.69, 9.17) is 0 Å². The number of aromatic amines is 1. The molecule has 118 valence electrons. The first kappa shape index (κ1) is 15.3. The molecule has 1 aliphatic rings. The van der Waals surface area contributed by atoms with E-state index in [0.29, 0.717) is 5.69 Å². The molecule has 0 saturated carbocycles. The summed E-state index contributed by atoms with van der Waals surface area (Å²) in [7, 11) is 0. The maximum Gasteiger partial charge on any atom is 0.272 e. The number of carbonyl (C=O) groups is 1. The lowest BCUT2D eigenvalue weighted by atomic mass is 10.1. The third kappa shape index (κ3) is 3.24. The second-order valence-electron chi connectivity index (χ2n) is 5.92. The number of fused-ring (bicyclic) bond motifs is 1. The summed E-state index contributed by atoms with van der Waals surface area (Å²) in [6.07, 6.45) is 7.54. The Morgan fingerprint density at radius 2 is 2.27 bits per heavy atom. The van der Waals surface area contributed by atoms with Crippen LogP contribution in [0.4, 0.5) is 0 Å². The largest absolute Gasteiger partial charge is 0.343 e. The highest BCUT2D eigenvalue weighted by Crippen LogP contribution is 2.25. The summed E-state index contributed by atoms with van der Waals surface area (Å²) in [5, 5.41) is 12.6. The lowest BCUT2D eigenvalue weighted by molar-refractivity contribution is 0.0929. The number of aromatic nitrogens is 2. The molecule has 0 aliphatic heterocycles. The molecule has 5 heteroatoms. The van der Waals surface area contributed by atoms with Crippen LogP contribution >= 0.6 is 11.3 Å². The second kappa shape index (κ2) is 7.09. The topological polar surface area (TPSA) is 57.8 Å². The van der Waals surface area contributed by atoms with Gasteiger partial charge in [-0.2, -0.15) is 5.10 Å². The fraction of sp³-hybridized carbons (Fsp3) is 0.529. The van der Waals surface area contributed by atoms with Gasteiger partial charge >= 0.3 is 0 Å². The average Bonchev–Trinajstić information content (AvgIpc) is 3.12. The molecule has 0 unspecified atom stereocenters. The molecule has 4 nitrogen and oxygen atoms in total. The highest BCUT2D eigenvalue weighted by Gasteiger charge is 2.23. The van der Waals surface area contributed by atoms with Crippen molar-refractivity contribution < 1.29 is 4.79 Å². The van der Waals surface area contributed by atoms with E-state index in [1.54, 1.807) is 11.3 Å². The van der Waals surface area contributed by atoms with Crippen molar-refractivity contribution in [1.29, 1.82) is 0 Å². The second-order valence-corrected chi connectivity index (χ2v) is 6.90. The molecular weight excluding hydrogens is 294 g/mol. The molecule has 2 N–H and O–H groups in total. The van der Waals surface area contributed by atoms with Crippen LogP contribution in [0.1, 0.15) is 71.7 Å². The zero-order chi connectivity index (χ0) is 15.4. The normalized spacial score (nSPS) is 15.9. The van der Waals surface area contributed by atoms with E-state index >= 15 is 0 Å². The van der Waals surface area contributed by atoms with Crippen molar-refractivity contribution >= 4 is 17.2 Å². The monoisotopic (exact) mass is 317 g/mol. The van der Waals surface area contributed by atoms with Crippen molar-refractivity contribution in [3.05, 3.63) is 39.3 Å². The van der Waals surface area contributed by atoms with E-state index in [9.17, 15) is 4.79 Å². The van der Waals surface area contributed by atoms with Gasteiger partial charge in [0.2, 0.25) is 0 Å². The Kier molecular flexibility index (Phi) is 4.93. The minimum absolute atomic E-state index is 0.0359. The molecule has 0 spiro atoms. The molecule has 0 fully saturated rings. The minimum atomic E-state index is -0.0359. The van der Waals surface area contributed by atoms with Crippen molar-refractivity contribution in [3.8, 4) is 0 Å². The van der Waals surface area contributed by atoms with Crippen molar-refractivity contribution in [2.45, 2.75) is 57.9 Å². The molecule has 22 heavy (non-hydrogen) atoms. The molecule has 2 aromatic heterocycles. The van der Waals surface area contributed by atoms with Crippen LogP contribution in [0.3, 0.4) is 0 Å². The van der Waals surface area contributed by atoms with Gasteiger partial charge in [0.25, 0.3) is 5.91 Å². The summed E-state index contributed by atoms with van der Waals surface area (Å²) in [5.74, 6) is -0.0359. The Morgan fingerprint density at radius 3 is 3.05 bits per heavy atom. The van der Waals surface area contributed by atoms with Crippen LogP contribution in [0.2, 0.25) is 0 Å². The lowest BCUT2D eigenvalue weighted by Gasteiger charge is -2.16. The number of hydrogen-bond acceptors (Lipinski definition) is 3. The zero-order valence-corrected chi connectivity index (χ0v) is 13.8. The Labute approximate surface area is 135 Å². The van der Waals surface area contributed by atoms with E-state index in [0.717, 1.165) is 43.4 Å². The summed E-state index contributed by atoms with van der Waals surface area (Å²) >= 11 is 1.70. The Bertz CT molecular complexity index is 618. The maximum atomic E-state index is 12.7. The van der Waals surface area contributed by atoms with Gasteiger partial charge in [-0.25, -0.2) is 0 Å². The first-order valence-electron chi connectivity index (χ1n) is 8.20. The minimum Gasteiger partial charge on any atom is -0.343 e. The summed E-state index contributed by atoms with van der Waals surface area (Å²) in [6.45, 7) is 2.15. The third-order valence-electron chi connectivity index (χ3n) is 4.29. The molecule has 1 atom stereocenters. The van der Waals surface area contributed by atoms with Crippen molar-refractivity contribution in [1.82, 2.24) is 15.5 Å². The quantitative estimate of drug-likeness (QED) is 0.819.